The molecule has 0 spiro atoms. The first-order valence-electron chi connectivity index (χ1n) is 7.65. The molecule has 25 heavy (non-hydrogen) atoms. The van der Waals surface area contributed by atoms with E-state index in [1.807, 2.05) is 0 Å². The molecule has 0 bridgehead atoms. The van der Waals surface area contributed by atoms with E-state index in [4.69, 9.17) is 16.9 Å². The molecule has 2 rings (SSSR count). The number of piperazine rings is 1. The number of benzene rings is 1. The molecule has 1 aliphatic heterocycles. The van der Waals surface area contributed by atoms with Crippen LogP contribution in [0, 0.1) is 17.2 Å². The summed E-state index contributed by atoms with van der Waals surface area (Å²) in [7, 11) is -4.11. The Hall–Kier alpha value is -1.34. The van der Waals surface area contributed by atoms with E-state index in [0.29, 0.717) is 25.7 Å². The summed E-state index contributed by atoms with van der Waals surface area (Å²) in [6.07, 6.45) is -4.65. The number of hydrogen-bond donors (Lipinski definition) is 1. The highest BCUT2D eigenvalue weighted by Crippen LogP contribution is 2.34. The average molecular weight is 397 g/mol. The topological polar surface area (TPSA) is 65.6 Å². The molecule has 1 N–H and O–H groups in total. The molecule has 0 saturated carbocycles. The quantitative estimate of drug-likeness (QED) is 0.836. The van der Waals surface area contributed by atoms with Crippen molar-refractivity contribution in [2.45, 2.75) is 18.0 Å². The molecular formula is C15H18ClF3N3O2S+. The predicted octanol–water partition coefficient (Wildman–Crippen LogP) is 1.41. The summed E-state index contributed by atoms with van der Waals surface area (Å²) in [5.74, 6) is -0.143. The first kappa shape index (κ1) is 20.0. The Bertz CT molecular complexity index is 769. The maximum Gasteiger partial charge on any atom is 0.416 e. The van der Waals surface area contributed by atoms with Gasteiger partial charge in [-0.15, -0.1) is 0 Å². The first-order valence-corrected chi connectivity index (χ1v) is 9.47. The zero-order valence-corrected chi connectivity index (χ0v) is 15.0. The largest absolute Gasteiger partial charge is 0.416 e. The van der Waals surface area contributed by atoms with Gasteiger partial charge in [0.25, 0.3) is 0 Å². The third-order valence-electron chi connectivity index (χ3n) is 4.12. The number of nitrogens with zero attached hydrogens (tertiary/aromatic N) is 2. The Labute approximate surface area is 149 Å². The summed E-state index contributed by atoms with van der Waals surface area (Å²) in [4.78, 5) is 0.563. The van der Waals surface area contributed by atoms with E-state index in [2.05, 4.69) is 6.07 Å². The number of nitrogens with one attached hydrogen (secondary N) is 1. The van der Waals surface area contributed by atoms with E-state index in [9.17, 15) is 21.6 Å². The van der Waals surface area contributed by atoms with Gasteiger partial charge in [-0.3, -0.25) is 0 Å². The summed E-state index contributed by atoms with van der Waals surface area (Å²) < 4.78 is 65.1. The van der Waals surface area contributed by atoms with Crippen LogP contribution >= 0.6 is 11.6 Å². The number of sulfonamides is 1. The van der Waals surface area contributed by atoms with Crippen LogP contribution in [-0.2, 0) is 16.2 Å². The van der Waals surface area contributed by atoms with E-state index in [-0.39, 0.29) is 24.0 Å². The lowest BCUT2D eigenvalue weighted by Gasteiger charge is -2.32. The van der Waals surface area contributed by atoms with Crippen molar-refractivity contribution in [1.82, 2.24) is 4.31 Å². The summed E-state index contributed by atoms with van der Waals surface area (Å²) in [5.41, 5.74) is -1.05. The first-order chi connectivity index (χ1) is 11.6. The van der Waals surface area contributed by atoms with Crippen LogP contribution in [0.2, 0.25) is 5.02 Å². The van der Waals surface area contributed by atoms with Gasteiger partial charge in [-0.05, 0) is 25.1 Å². The molecule has 138 valence electrons. The van der Waals surface area contributed by atoms with Crippen molar-refractivity contribution in [3.8, 4) is 6.07 Å². The SMILES string of the molecule is C[C@@H](C#N)C[NH+]1CCN(S(=O)(=O)c2cc(C(F)(F)F)ccc2Cl)CC1. The molecule has 1 aliphatic rings. The maximum absolute atomic E-state index is 12.9. The molecule has 5 nitrogen and oxygen atoms in total. The molecule has 0 aromatic heterocycles. The molecule has 1 atom stereocenters. The van der Waals surface area contributed by atoms with Crippen LogP contribution in [0.5, 0.6) is 0 Å². The Morgan fingerprint density at radius 3 is 2.48 bits per heavy atom. The molecule has 10 heteroatoms. The van der Waals surface area contributed by atoms with Crippen molar-refractivity contribution >= 4 is 21.6 Å². The van der Waals surface area contributed by atoms with Gasteiger partial charge in [-0.2, -0.15) is 22.7 Å². The maximum atomic E-state index is 12.9. The normalized spacial score (nSPS) is 18.7. The van der Waals surface area contributed by atoms with Crippen molar-refractivity contribution in [2.75, 3.05) is 32.7 Å². The number of quaternary nitrogens is 1. The van der Waals surface area contributed by atoms with Crippen LogP contribution in [0.4, 0.5) is 13.2 Å². The Balaban J connectivity index is 2.19. The van der Waals surface area contributed by atoms with Gasteiger partial charge in [0.1, 0.15) is 4.90 Å². The number of nitriles is 1. The molecule has 1 fully saturated rings. The van der Waals surface area contributed by atoms with Crippen LogP contribution in [0.25, 0.3) is 0 Å². The van der Waals surface area contributed by atoms with Crippen LogP contribution in [0.15, 0.2) is 23.1 Å². The van der Waals surface area contributed by atoms with Crippen molar-refractivity contribution in [3.05, 3.63) is 28.8 Å². The molecule has 1 aromatic carbocycles. The van der Waals surface area contributed by atoms with Gasteiger partial charge in [0, 0.05) is 0 Å². The minimum Gasteiger partial charge on any atom is -0.332 e. The third kappa shape index (κ3) is 4.64. The van der Waals surface area contributed by atoms with Crippen molar-refractivity contribution in [1.29, 1.82) is 5.26 Å². The smallest absolute Gasteiger partial charge is 0.332 e. The standard InChI is InChI=1S/C15H17ClF3N3O2S/c1-11(9-20)10-21-4-6-22(7-5-21)25(23,24)14-8-12(15(17,18)19)2-3-13(14)16/h2-3,8,11H,4-7,10H2,1H3/p+1/t11-/m0/s1. The van der Waals surface area contributed by atoms with Gasteiger partial charge in [-0.25, -0.2) is 8.42 Å². The van der Waals surface area contributed by atoms with Crippen molar-refractivity contribution < 1.29 is 26.5 Å². The predicted molar refractivity (Wildman–Crippen MR) is 85.6 cm³/mol. The molecular weight excluding hydrogens is 379 g/mol. The highest BCUT2D eigenvalue weighted by molar-refractivity contribution is 7.89. The molecule has 0 unspecified atom stereocenters. The Kier molecular flexibility index (Phi) is 5.99. The lowest BCUT2D eigenvalue weighted by atomic mass is 10.2. The van der Waals surface area contributed by atoms with Crippen LogP contribution in [-0.4, -0.2) is 45.4 Å². The highest BCUT2D eigenvalue weighted by atomic mass is 35.5. The Morgan fingerprint density at radius 2 is 1.96 bits per heavy atom. The fourth-order valence-electron chi connectivity index (χ4n) is 2.74. The van der Waals surface area contributed by atoms with Crippen LogP contribution < -0.4 is 4.90 Å². The molecule has 0 radical (unpaired) electrons. The molecule has 1 saturated heterocycles. The zero-order valence-electron chi connectivity index (χ0n) is 13.5. The van der Waals surface area contributed by atoms with Gasteiger partial charge in [0.05, 0.1) is 55.3 Å². The van der Waals surface area contributed by atoms with Crippen LogP contribution in [0.1, 0.15) is 12.5 Å². The second kappa shape index (κ2) is 7.50. The molecule has 1 heterocycles. The summed E-state index contributed by atoms with van der Waals surface area (Å²) in [6.45, 7) is 3.71. The summed E-state index contributed by atoms with van der Waals surface area (Å²) >= 11 is 5.85. The van der Waals surface area contributed by atoms with E-state index < -0.39 is 26.7 Å². The second-order valence-corrected chi connectivity index (χ2v) is 8.34. The monoisotopic (exact) mass is 396 g/mol. The van der Waals surface area contributed by atoms with E-state index in [0.717, 1.165) is 21.3 Å². The van der Waals surface area contributed by atoms with Crippen molar-refractivity contribution in [3.63, 3.8) is 0 Å². The lowest BCUT2D eigenvalue weighted by molar-refractivity contribution is -0.905. The van der Waals surface area contributed by atoms with Gasteiger partial charge in [0.15, 0.2) is 0 Å². The Morgan fingerprint density at radius 1 is 1.36 bits per heavy atom. The van der Waals surface area contributed by atoms with Gasteiger partial charge < -0.3 is 4.90 Å². The third-order valence-corrected chi connectivity index (χ3v) is 6.50. The zero-order chi connectivity index (χ0) is 18.8. The van der Waals surface area contributed by atoms with E-state index >= 15 is 0 Å². The number of hydrogen-bond acceptors (Lipinski definition) is 3. The minimum atomic E-state index is -4.65. The average Bonchev–Trinajstić information content (AvgIpc) is 2.54. The lowest BCUT2D eigenvalue weighted by Crippen LogP contribution is -3.15. The number of halogens is 4. The van der Waals surface area contributed by atoms with Gasteiger partial charge in [0.2, 0.25) is 10.0 Å². The van der Waals surface area contributed by atoms with E-state index in [1.165, 1.54) is 0 Å². The highest BCUT2D eigenvalue weighted by Gasteiger charge is 2.36. The van der Waals surface area contributed by atoms with Gasteiger partial charge in [-0.1, -0.05) is 11.6 Å². The summed E-state index contributed by atoms with van der Waals surface area (Å²) in [5, 5.41) is 8.61. The minimum absolute atomic E-state index is 0.143. The van der Waals surface area contributed by atoms with E-state index in [1.54, 1.807) is 6.92 Å². The van der Waals surface area contributed by atoms with Crippen molar-refractivity contribution in [2.24, 2.45) is 5.92 Å². The number of rotatable bonds is 4. The summed E-state index contributed by atoms with van der Waals surface area (Å²) in [6, 6.07) is 4.42. The fourth-order valence-corrected chi connectivity index (χ4v) is 4.68. The molecule has 0 aliphatic carbocycles. The molecule has 0 amide bonds. The second-order valence-electron chi connectivity index (χ2n) is 6.03. The van der Waals surface area contributed by atoms with Crippen LogP contribution in [0.3, 0.4) is 0 Å². The molecule has 1 aromatic rings. The number of alkyl halides is 3. The van der Waals surface area contributed by atoms with Gasteiger partial charge >= 0.3 is 6.18 Å². The fraction of sp³-hybridized carbons (Fsp3) is 0.533.